The maximum Gasteiger partial charge on any atom is 0.249 e. The van der Waals surface area contributed by atoms with E-state index >= 15 is 0 Å². The number of hydrogen-bond acceptors (Lipinski definition) is 2. The molecule has 1 N–H and O–H groups in total. The molecule has 1 fully saturated rings. The number of anilines is 1. The molecule has 2 aromatic carbocycles. The Hall–Kier alpha value is -2.69. The third-order valence-corrected chi connectivity index (χ3v) is 4.31. The fraction of sp³-hybridized carbons (Fsp3) is 0.300. The van der Waals surface area contributed by atoms with Gasteiger partial charge in [-0.2, -0.15) is 0 Å². The first-order chi connectivity index (χ1) is 11.9. The van der Waals surface area contributed by atoms with Crippen molar-refractivity contribution < 1.29 is 14.0 Å². The Morgan fingerprint density at radius 1 is 1.20 bits per heavy atom. The summed E-state index contributed by atoms with van der Waals surface area (Å²) in [5, 5.41) is 2.77. The van der Waals surface area contributed by atoms with Crippen molar-refractivity contribution in [3.05, 3.63) is 65.0 Å². The average molecular weight is 340 g/mol. The fourth-order valence-electron chi connectivity index (χ4n) is 3.25. The van der Waals surface area contributed by atoms with Crippen molar-refractivity contribution in [2.75, 3.05) is 11.4 Å². The molecule has 0 unspecified atom stereocenters. The number of carbonyl (C=O) groups excluding carboxylic acids is 2. The second-order valence-corrected chi connectivity index (χ2v) is 6.55. The van der Waals surface area contributed by atoms with Gasteiger partial charge in [0.25, 0.3) is 0 Å². The SMILES string of the molecule is Cc1cc(C)cc(N2CC[C@@H](NC(=O)Cc3cccc(F)c3)C2=O)c1. The lowest BCUT2D eigenvalue weighted by Gasteiger charge is -2.18. The van der Waals surface area contributed by atoms with Gasteiger partial charge in [-0.3, -0.25) is 9.59 Å². The lowest BCUT2D eigenvalue weighted by atomic mass is 10.1. The molecule has 25 heavy (non-hydrogen) atoms. The molecule has 1 aliphatic rings. The number of halogens is 1. The molecule has 1 saturated heterocycles. The first-order valence-corrected chi connectivity index (χ1v) is 8.36. The molecule has 130 valence electrons. The molecule has 2 aromatic rings. The Bertz CT molecular complexity index is 799. The highest BCUT2D eigenvalue weighted by Gasteiger charge is 2.33. The van der Waals surface area contributed by atoms with Crippen molar-refractivity contribution in [1.29, 1.82) is 0 Å². The van der Waals surface area contributed by atoms with Gasteiger partial charge in [0.05, 0.1) is 6.42 Å². The van der Waals surface area contributed by atoms with Crippen LogP contribution >= 0.6 is 0 Å². The quantitative estimate of drug-likeness (QED) is 0.930. The van der Waals surface area contributed by atoms with Crippen LogP contribution in [0.4, 0.5) is 10.1 Å². The predicted octanol–water partition coefficient (Wildman–Crippen LogP) is 2.91. The van der Waals surface area contributed by atoms with E-state index < -0.39 is 6.04 Å². The topological polar surface area (TPSA) is 49.4 Å². The zero-order valence-electron chi connectivity index (χ0n) is 14.4. The van der Waals surface area contributed by atoms with E-state index in [1.807, 2.05) is 26.0 Å². The second kappa shape index (κ2) is 7.05. The van der Waals surface area contributed by atoms with Gasteiger partial charge in [-0.05, 0) is 61.2 Å². The second-order valence-electron chi connectivity index (χ2n) is 6.55. The number of rotatable bonds is 4. The van der Waals surface area contributed by atoms with Crippen LogP contribution < -0.4 is 10.2 Å². The highest BCUT2D eigenvalue weighted by molar-refractivity contribution is 6.01. The molecule has 1 aliphatic heterocycles. The zero-order valence-corrected chi connectivity index (χ0v) is 14.4. The summed E-state index contributed by atoms with van der Waals surface area (Å²) in [4.78, 5) is 26.5. The van der Waals surface area contributed by atoms with Gasteiger partial charge in [-0.15, -0.1) is 0 Å². The van der Waals surface area contributed by atoms with Crippen LogP contribution in [0.1, 0.15) is 23.1 Å². The summed E-state index contributed by atoms with van der Waals surface area (Å²) >= 11 is 0. The molecule has 5 heteroatoms. The van der Waals surface area contributed by atoms with E-state index in [4.69, 9.17) is 0 Å². The maximum atomic E-state index is 13.2. The van der Waals surface area contributed by atoms with Crippen LogP contribution in [0.3, 0.4) is 0 Å². The highest BCUT2D eigenvalue weighted by atomic mass is 19.1. The minimum atomic E-state index is -0.526. The lowest BCUT2D eigenvalue weighted by molar-refractivity contribution is -0.126. The first kappa shape index (κ1) is 17.1. The van der Waals surface area contributed by atoms with Crippen LogP contribution in [0.25, 0.3) is 0 Å². The number of benzene rings is 2. The molecule has 0 bridgehead atoms. The van der Waals surface area contributed by atoms with Crippen molar-refractivity contribution in [1.82, 2.24) is 5.32 Å². The van der Waals surface area contributed by atoms with Crippen molar-refractivity contribution in [2.24, 2.45) is 0 Å². The van der Waals surface area contributed by atoms with Gasteiger partial charge in [0, 0.05) is 12.2 Å². The minimum Gasteiger partial charge on any atom is -0.344 e. The van der Waals surface area contributed by atoms with Gasteiger partial charge in [0.1, 0.15) is 11.9 Å². The van der Waals surface area contributed by atoms with Crippen LogP contribution in [-0.2, 0) is 16.0 Å². The molecule has 0 aliphatic carbocycles. The van der Waals surface area contributed by atoms with Gasteiger partial charge in [0.2, 0.25) is 11.8 Å². The van der Waals surface area contributed by atoms with Crippen LogP contribution in [-0.4, -0.2) is 24.4 Å². The van der Waals surface area contributed by atoms with Crippen molar-refractivity contribution in [3.63, 3.8) is 0 Å². The van der Waals surface area contributed by atoms with Gasteiger partial charge in [-0.1, -0.05) is 18.2 Å². The normalized spacial score (nSPS) is 17.0. The van der Waals surface area contributed by atoms with Crippen molar-refractivity contribution >= 4 is 17.5 Å². The Morgan fingerprint density at radius 3 is 2.60 bits per heavy atom. The molecule has 0 saturated carbocycles. The molecule has 1 heterocycles. The summed E-state index contributed by atoms with van der Waals surface area (Å²) in [6, 6.07) is 11.4. The molecule has 2 amide bonds. The smallest absolute Gasteiger partial charge is 0.249 e. The van der Waals surface area contributed by atoms with Crippen LogP contribution in [0.2, 0.25) is 0 Å². The Kier molecular flexibility index (Phi) is 4.83. The van der Waals surface area contributed by atoms with E-state index in [0.29, 0.717) is 18.5 Å². The monoisotopic (exact) mass is 340 g/mol. The van der Waals surface area contributed by atoms with Crippen LogP contribution in [0.5, 0.6) is 0 Å². The Balaban J connectivity index is 1.64. The van der Waals surface area contributed by atoms with Crippen LogP contribution in [0.15, 0.2) is 42.5 Å². The van der Waals surface area contributed by atoms with Crippen LogP contribution in [0, 0.1) is 19.7 Å². The summed E-state index contributed by atoms with van der Waals surface area (Å²) in [6.07, 6.45) is 0.631. The van der Waals surface area contributed by atoms with E-state index in [0.717, 1.165) is 16.8 Å². The van der Waals surface area contributed by atoms with E-state index in [9.17, 15) is 14.0 Å². The van der Waals surface area contributed by atoms with Gasteiger partial charge >= 0.3 is 0 Å². The molecule has 1 atom stereocenters. The largest absolute Gasteiger partial charge is 0.344 e. The Labute approximate surface area is 146 Å². The van der Waals surface area contributed by atoms with Gasteiger partial charge in [-0.25, -0.2) is 4.39 Å². The highest BCUT2D eigenvalue weighted by Crippen LogP contribution is 2.24. The van der Waals surface area contributed by atoms with Crippen molar-refractivity contribution in [3.8, 4) is 0 Å². The first-order valence-electron chi connectivity index (χ1n) is 8.36. The molecule has 0 spiro atoms. The summed E-state index contributed by atoms with van der Waals surface area (Å²) in [7, 11) is 0. The number of amides is 2. The molecule has 0 aromatic heterocycles. The number of nitrogens with zero attached hydrogens (tertiary/aromatic N) is 1. The lowest BCUT2D eigenvalue weighted by Crippen LogP contribution is -2.42. The number of hydrogen-bond donors (Lipinski definition) is 1. The summed E-state index contributed by atoms with van der Waals surface area (Å²) in [6.45, 7) is 4.57. The fourth-order valence-corrected chi connectivity index (χ4v) is 3.25. The molecule has 4 nitrogen and oxygen atoms in total. The average Bonchev–Trinajstić information content (AvgIpc) is 2.87. The maximum absolute atomic E-state index is 13.2. The predicted molar refractivity (Wildman–Crippen MR) is 94.9 cm³/mol. The van der Waals surface area contributed by atoms with E-state index in [1.165, 1.54) is 12.1 Å². The standard InChI is InChI=1S/C20H21FN2O2/c1-13-8-14(2)10-17(9-13)23-7-6-18(20(23)25)22-19(24)12-15-4-3-5-16(21)11-15/h3-5,8-11,18H,6-7,12H2,1-2H3,(H,22,24)/t18-/m1/s1. The molecule has 3 rings (SSSR count). The van der Waals surface area contributed by atoms with Gasteiger partial charge < -0.3 is 10.2 Å². The zero-order chi connectivity index (χ0) is 18.0. The van der Waals surface area contributed by atoms with E-state index in [2.05, 4.69) is 11.4 Å². The van der Waals surface area contributed by atoms with E-state index in [1.54, 1.807) is 17.0 Å². The molecular formula is C20H21FN2O2. The number of nitrogens with one attached hydrogen (secondary N) is 1. The number of carbonyl (C=O) groups is 2. The molecule has 0 radical (unpaired) electrons. The third-order valence-electron chi connectivity index (χ3n) is 4.31. The summed E-state index contributed by atoms with van der Waals surface area (Å²) in [5.74, 6) is -0.743. The summed E-state index contributed by atoms with van der Waals surface area (Å²) in [5.41, 5.74) is 3.65. The third kappa shape index (κ3) is 4.05. The Morgan fingerprint density at radius 2 is 1.92 bits per heavy atom. The van der Waals surface area contributed by atoms with Gasteiger partial charge in [0.15, 0.2) is 0 Å². The summed E-state index contributed by atoms with van der Waals surface area (Å²) < 4.78 is 13.2. The van der Waals surface area contributed by atoms with Crippen molar-refractivity contribution in [2.45, 2.75) is 32.7 Å². The minimum absolute atomic E-state index is 0.0606. The van der Waals surface area contributed by atoms with E-state index in [-0.39, 0.29) is 24.1 Å². The number of aryl methyl sites for hydroxylation is 2. The molecular weight excluding hydrogens is 319 g/mol.